The summed E-state index contributed by atoms with van der Waals surface area (Å²) in [5.41, 5.74) is 4.20. The van der Waals surface area contributed by atoms with Gasteiger partial charge in [0.05, 0.1) is 5.69 Å². The number of rotatable bonds is 4. The van der Waals surface area contributed by atoms with Crippen LogP contribution < -0.4 is 4.90 Å². The molecule has 1 saturated carbocycles. The van der Waals surface area contributed by atoms with Gasteiger partial charge in [0.2, 0.25) is 0 Å². The van der Waals surface area contributed by atoms with Crippen LogP contribution in [0.3, 0.4) is 0 Å². The summed E-state index contributed by atoms with van der Waals surface area (Å²) in [6, 6.07) is 14.6. The molecule has 0 bridgehead atoms. The van der Waals surface area contributed by atoms with E-state index in [-0.39, 0.29) is 5.57 Å². The standard InChI is InChI=1S/C22H18Br2N2O2/c23-16-4-1-3-13(8-16)12-26-20-6-2-5-17(20)18-9-14(10-19(24)21(18)26)7-15(11-25)22(27)28/h1,3-4,7-10,17,20H,2,5-6,12H2,(H,27,28)/b15-7+. The van der Waals surface area contributed by atoms with Crippen LogP contribution in [0.5, 0.6) is 0 Å². The molecule has 2 aliphatic rings. The summed E-state index contributed by atoms with van der Waals surface area (Å²) in [6.45, 7) is 0.833. The van der Waals surface area contributed by atoms with E-state index in [2.05, 4.69) is 61.0 Å². The second-order valence-electron chi connectivity index (χ2n) is 7.28. The van der Waals surface area contributed by atoms with Gasteiger partial charge in [-0.2, -0.15) is 5.26 Å². The Morgan fingerprint density at radius 1 is 1.29 bits per heavy atom. The summed E-state index contributed by atoms with van der Waals surface area (Å²) < 4.78 is 2.02. The average Bonchev–Trinajstić information content (AvgIpc) is 3.23. The quantitative estimate of drug-likeness (QED) is 0.421. The number of nitriles is 1. The van der Waals surface area contributed by atoms with Crippen molar-refractivity contribution in [2.45, 2.75) is 37.8 Å². The van der Waals surface area contributed by atoms with E-state index in [0.29, 0.717) is 12.0 Å². The van der Waals surface area contributed by atoms with Crippen LogP contribution in [0.15, 0.2) is 50.9 Å². The van der Waals surface area contributed by atoms with Crippen molar-refractivity contribution in [1.29, 1.82) is 5.26 Å². The Hall–Kier alpha value is -2.10. The summed E-state index contributed by atoms with van der Waals surface area (Å²) in [5, 5.41) is 18.2. The van der Waals surface area contributed by atoms with Gasteiger partial charge < -0.3 is 10.0 Å². The monoisotopic (exact) mass is 500 g/mol. The van der Waals surface area contributed by atoms with Crippen LogP contribution in [0.2, 0.25) is 0 Å². The zero-order valence-corrected chi connectivity index (χ0v) is 18.2. The maximum Gasteiger partial charge on any atom is 0.346 e. The average molecular weight is 502 g/mol. The Bertz CT molecular complexity index is 1030. The zero-order valence-electron chi connectivity index (χ0n) is 15.0. The highest BCUT2D eigenvalue weighted by molar-refractivity contribution is 9.10. The summed E-state index contributed by atoms with van der Waals surface area (Å²) in [7, 11) is 0. The van der Waals surface area contributed by atoms with Crippen LogP contribution >= 0.6 is 31.9 Å². The molecule has 1 heterocycles. The van der Waals surface area contributed by atoms with E-state index in [4.69, 9.17) is 10.4 Å². The number of halogens is 2. The van der Waals surface area contributed by atoms with Crippen molar-refractivity contribution < 1.29 is 9.90 Å². The smallest absolute Gasteiger partial charge is 0.346 e. The number of hydrogen-bond donors (Lipinski definition) is 1. The first kappa shape index (κ1) is 19.2. The predicted molar refractivity (Wildman–Crippen MR) is 116 cm³/mol. The largest absolute Gasteiger partial charge is 0.477 e. The highest BCUT2D eigenvalue weighted by Gasteiger charge is 2.42. The number of fused-ring (bicyclic) bond motifs is 3. The molecule has 4 nitrogen and oxygen atoms in total. The van der Waals surface area contributed by atoms with Crippen molar-refractivity contribution in [3.8, 4) is 6.07 Å². The van der Waals surface area contributed by atoms with Crippen molar-refractivity contribution in [2.75, 3.05) is 4.90 Å². The van der Waals surface area contributed by atoms with Crippen molar-refractivity contribution >= 4 is 49.6 Å². The summed E-state index contributed by atoms with van der Waals surface area (Å²) >= 11 is 7.27. The Balaban J connectivity index is 1.76. The topological polar surface area (TPSA) is 64.3 Å². The van der Waals surface area contributed by atoms with E-state index in [1.165, 1.54) is 29.3 Å². The van der Waals surface area contributed by atoms with Gasteiger partial charge in [0.1, 0.15) is 11.6 Å². The second kappa shape index (κ2) is 7.73. The molecular formula is C22H18Br2N2O2. The number of aliphatic carboxylic acids is 1. The van der Waals surface area contributed by atoms with E-state index in [9.17, 15) is 4.79 Å². The highest BCUT2D eigenvalue weighted by atomic mass is 79.9. The fourth-order valence-corrected chi connectivity index (χ4v) is 5.66. The lowest BCUT2D eigenvalue weighted by atomic mass is 9.95. The normalized spacial score (nSPS) is 20.6. The molecule has 2 aromatic rings. The third-order valence-electron chi connectivity index (χ3n) is 5.59. The Morgan fingerprint density at radius 3 is 2.82 bits per heavy atom. The molecule has 0 spiro atoms. The van der Waals surface area contributed by atoms with E-state index >= 15 is 0 Å². The van der Waals surface area contributed by atoms with Crippen molar-refractivity contribution in [1.82, 2.24) is 0 Å². The Morgan fingerprint density at radius 2 is 2.11 bits per heavy atom. The third kappa shape index (κ3) is 3.49. The van der Waals surface area contributed by atoms with Crippen LogP contribution in [0.4, 0.5) is 5.69 Å². The lowest BCUT2D eigenvalue weighted by Crippen LogP contribution is -2.30. The number of carbonyl (C=O) groups is 1. The molecular weight excluding hydrogens is 484 g/mol. The van der Waals surface area contributed by atoms with Gasteiger partial charge in [-0.05, 0) is 75.8 Å². The Labute approximate surface area is 180 Å². The molecule has 0 aromatic heterocycles. The first-order valence-electron chi connectivity index (χ1n) is 9.17. The number of anilines is 1. The maximum atomic E-state index is 11.2. The van der Waals surface area contributed by atoms with Crippen LogP contribution in [0.25, 0.3) is 6.08 Å². The van der Waals surface area contributed by atoms with Crippen LogP contribution in [0.1, 0.15) is 41.9 Å². The summed E-state index contributed by atoms with van der Waals surface area (Å²) in [4.78, 5) is 13.7. The minimum absolute atomic E-state index is 0.251. The Kier molecular flexibility index (Phi) is 5.31. The predicted octanol–water partition coefficient (Wildman–Crippen LogP) is 5.86. The van der Waals surface area contributed by atoms with Gasteiger partial charge in [0.25, 0.3) is 0 Å². The molecule has 2 atom stereocenters. The number of nitrogens with zero attached hydrogens (tertiary/aromatic N) is 2. The van der Waals surface area contributed by atoms with Gasteiger partial charge in [-0.1, -0.05) is 34.5 Å². The van der Waals surface area contributed by atoms with Crippen molar-refractivity contribution in [3.63, 3.8) is 0 Å². The van der Waals surface area contributed by atoms with Crippen LogP contribution in [0, 0.1) is 11.3 Å². The summed E-state index contributed by atoms with van der Waals surface area (Å²) in [5.74, 6) is -0.753. The minimum atomic E-state index is -1.20. The number of carboxylic acids is 1. The molecule has 1 N–H and O–H groups in total. The highest BCUT2D eigenvalue weighted by Crippen LogP contribution is 2.52. The molecule has 0 radical (unpaired) electrons. The fourth-order valence-electron chi connectivity index (χ4n) is 4.49. The molecule has 142 valence electrons. The van der Waals surface area contributed by atoms with Gasteiger partial charge in [0, 0.05) is 27.4 Å². The van der Waals surface area contributed by atoms with Gasteiger partial charge in [-0.15, -0.1) is 0 Å². The maximum absolute atomic E-state index is 11.2. The van der Waals surface area contributed by atoms with Crippen LogP contribution in [-0.2, 0) is 11.3 Å². The lowest BCUT2D eigenvalue weighted by Gasteiger charge is -2.28. The fraction of sp³-hybridized carbons (Fsp3) is 0.273. The minimum Gasteiger partial charge on any atom is -0.477 e. The zero-order chi connectivity index (χ0) is 19.8. The van der Waals surface area contributed by atoms with Gasteiger partial charge in [0.15, 0.2) is 0 Å². The molecule has 1 fully saturated rings. The van der Waals surface area contributed by atoms with Gasteiger partial charge in [-0.3, -0.25) is 0 Å². The molecule has 1 aliphatic heterocycles. The van der Waals surface area contributed by atoms with Gasteiger partial charge >= 0.3 is 5.97 Å². The van der Waals surface area contributed by atoms with Gasteiger partial charge in [-0.25, -0.2) is 4.79 Å². The van der Waals surface area contributed by atoms with Crippen LogP contribution in [-0.4, -0.2) is 17.1 Å². The van der Waals surface area contributed by atoms with E-state index in [1.54, 1.807) is 6.07 Å². The SMILES string of the molecule is N#C/C(=C\c1cc(Br)c2c(c1)C1CCCC1N2Cc1cccc(Br)c1)C(=O)O. The lowest BCUT2D eigenvalue weighted by molar-refractivity contribution is -0.132. The molecule has 28 heavy (non-hydrogen) atoms. The molecule has 0 saturated heterocycles. The van der Waals surface area contributed by atoms with E-state index in [1.807, 2.05) is 12.1 Å². The molecule has 2 unspecified atom stereocenters. The number of benzene rings is 2. The third-order valence-corrected chi connectivity index (χ3v) is 6.68. The second-order valence-corrected chi connectivity index (χ2v) is 9.05. The number of carboxylic acid groups (broad SMARTS) is 1. The molecule has 6 heteroatoms. The number of hydrogen-bond acceptors (Lipinski definition) is 3. The first-order valence-corrected chi connectivity index (χ1v) is 10.8. The summed E-state index contributed by atoms with van der Waals surface area (Å²) in [6.07, 6.45) is 4.94. The molecule has 1 aliphatic carbocycles. The molecule has 2 aromatic carbocycles. The molecule has 0 amide bonds. The van der Waals surface area contributed by atoms with E-state index < -0.39 is 5.97 Å². The first-order chi connectivity index (χ1) is 13.5. The molecule has 4 rings (SSSR count). The van der Waals surface area contributed by atoms with E-state index in [0.717, 1.165) is 33.9 Å². The van der Waals surface area contributed by atoms with Crippen molar-refractivity contribution in [2.24, 2.45) is 0 Å². The van der Waals surface area contributed by atoms with Crippen molar-refractivity contribution in [3.05, 3.63) is 67.6 Å².